The Labute approximate surface area is 253 Å². The molecule has 4 heterocycles. The number of nitrogens with one attached hydrogen (secondary N) is 3. The van der Waals surface area contributed by atoms with Gasteiger partial charge in [0.15, 0.2) is 0 Å². The Hall–Kier alpha value is -3.79. The van der Waals surface area contributed by atoms with E-state index in [1.165, 1.54) is 5.01 Å². The van der Waals surface area contributed by atoms with Gasteiger partial charge in [0.05, 0.1) is 17.3 Å². The molecule has 3 aliphatic heterocycles. The maximum Gasteiger partial charge on any atom is 0.258 e. The molecule has 3 N–H and O–H groups in total. The zero-order valence-corrected chi connectivity index (χ0v) is 25.9. The summed E-state index contributed by atoms with van der Waals surface area (Å²) < 4.78 is 0. The molecule has 0 spiro atoms. The van der Waals surface area contributed by atoms with Gasteiger partial charge in [-0.15, -0.1) is 0 Å². The minimum Gasteiger partial charge on any atom is -0.344 e. The molecule has 10 nitrogen and oxygen atoms in total. The Morgan fingerprint density at radius 1 is 0.953 bits per heavy atom. The van der Waals surface area contributed by atoms with Crippen molar-refractivity contribution in [2.24, 2.45) is 11.3 Å². The van der Waals surface area contributed by atoms with Crippen LogP contribution in [-0.2, 0) is 19.2 Å². The topological polar surface area (TPSA) is 124 Å². The molecule has 230 valence electrons. The second-order valence-electron chi connectivity index (χ2n) is 13.2. The second-order valence-corrected chi connectivity index (χ2v) is 13.2. The number of benzene rings is 1. The molecule has 43 heavy (non-hydrogen) atoms. The number of hydrogen-bond donors (Lipinski definition) is 3. The summed E-state index contributed by atoms with van der Waals surface area (Å²) in [5.41, 5.74) is 5.36. The lowest BCUT2D eigenvalue weighted by Gasteiger charge is -2.37. The Bertz CT molecular complexity index is 1440. The van der Waals surface area contributed by atoms with E-state index >= 15 is 0 Å². The van der Waals surface area contributed by atoms with Crippen molar-refractivity contribution in [3.05, 3.63) is 47.7 Å². The molecule has 1 aromatic heterocycles. The van der Waals surface area contributed by atoms with Crippen LogP contribution in [0, 0.1) is 11.3 Å². The first-order chi connectivity index (χ1) is 20.4. The van der Waals surface area contributed by atoms with E-state index < -0.39 is 29.4 Å². The average molecular weight is 589 g/mol. The number of pyridine rings is 1. The molecule has 0 saturated carbocycles. The minimum absolute atomic E-state index is 0.0396. The Morgan fingerprint density at radius 2 is 1.70 bits per heavy atom. The van der Waals surface area contributed by atoms with Crippen LogP contribution in [0.5, 0.6) is 0 Å². The van der Waals surface area contributed by atoms with Crippen molar-refractivity contribution < 1.29 is 19.2 Å². The van der Waals surface area contributed by atoms with Gasteiger partial charge in [-0.25, -0.2) is 5.43 Å². The van der Waals surface area contributed by atoms with Gasteiger partial charge in [0.2, 0.25) is 17.7 Å². The van der Waals surface area contributed by atoms with Crippen molar-refractivity contribution in [3.63, 3.8) is 0 Å². The van der Waals surface area contributed by atoms with Gasteiger partial charge in [-0.2, -0.15) is 0 Å². The molecule has 2 saturated heterocycles. The van der Waals surface area contributed by atoms with Gasteiger partial charge < -0.3 is 15.5 Å². The second kappa shape index (κ2) is 12.4. The normalized spacial score (nSPS) is 28.0. The number of rotatable bonds is 1. The Balaban J connectivity index is 1.50. The van der Waals surface area contributed by atoms with E-state index in [2.05, 4.69) is 22.1 Å². The summed E-state index contributed by atoms with van der Waals surface area (Å²) in [6.07, 6.45) is 7.19. The van der Waals surface area contributed by atoms with Crippen LogP contribution in [0.1, 0.15) is 84.0 Å². The fraction of sp³-hybridized carbons (Fsp3) is 0.545. The number of carbonyl (C=O) groups excluding carboxylic acids is 4. The van der Waals surface area contributed by atoms with Crippen LogP contribution >= 0.6 is 0 Å². The standard InChI is InChI=1S/C33H44N6O4/c1-20(2)29-30(41)34-21(3)31(42)39-17-6-8-25(37-39)32(43)38-16-7-9-27(38)24-13-12-23-11-10-22(18-26(23)35-24)14-15-33(4,5)19-28(40)36-29/h10-15,18,20-21,25,27,29,37H,6-9,16-17,19H2,1-5H3,(H,34,41)(H,36,40)/b15-14+/t21-,25-,27-,29-/m0/s1. The summed E-state index contributed by atoms with van der Waals surface area (Å²) in [5, 5.41) is 8.16. The van der Waals surface area contributed by atoms with E-state index in [0.717, 1.165) is 35.0 Å². The van der Waals surface area contributed by atoms with Gasteiger partial charge in [0, 0.05) is 24.9 Å². The molecule has 0 aliphatic carbocycles. The van der Waals surface area contributed by atoms with Crippen LogP contribution < -0.4 is 16.1 Å². The van der Waals surface area contributed by atoms with Crippen molar-refractivity contribution in [2.75, 3.05) is 13.1 Å². The van der Waals surface area contributed by atoms with E-state index in [1.54, 1.807) is 6.92 Å². The van der Waals surface area contributed by atoms with Crippen LogP contribution in [0.15, 0.2) is 36.4 Å². The maximum absolute atomic E-state index is 13.8. The van der Waals surface area contributed by atoms with E-state index in [0.29, 0.717) is 25.9 Å². The number of carbonyl (C=O) groups is 4. The molecule has 0 unspecified atom stereocenters. The summed E-state index contributed by atoms with van der Waals surface area (Å²) in [7, 11) is 0. The predicted molar refractivity (Wildman–Crippen MR) is 165 cm³/mol. The molecule has 0 radical (unpaired) electrons. The molecule has 2 aromatic rings. The summed E-state index contributed by atoms with van der Waals surface area (Å²) in [6.45, 7) is 10.4. The molecule has 4 amide bonds. The lowest BCUT2D eigenvalue weighted by atomic mass is 9.87. The van der Waals surface area contributed by atoms with Crippen LogP contribution in [-0.4, -0.2) is 69.7 Å². The van der Waals surface area contributed by atoms with Gasteiger partial charge in [-0.3, -0.25) is 29.2 Å². The number of hydrazine groups is 1. The Kier molecular flexibility index (Phi) is 8.87. The smallest absolute Gasteiger partial charge is 0.258 e. The average Bonchev–Trinajstić information content (AvgIpc) is 3.47. The van der Waals surface area contributed by atoms with Gasteiger partial charge in [0.25, 0.3) is 5.91 Å². The molecule has 5 rings (SSSR count). The third-order valence-electron chi connectivity index (χ3n) is 8.70. The van der Waals surface area contributed by atoms with Crippen LogP contribution in [0.3, 0.4) is 0 Å². The van der Waals surface area contributed by atoms with Gasteiger partial charge in [0.1, 0.15) is 18.1 Å². The lowest BCUT2D eigenvalue weighted by Crippen LogP contribution is -2.62. The zero-order valence-electron chi connectivity index (χ0n) is 25.9. The van der Waals surface area contributed by atoms with Gasteiger partial charge in [-0.1, -0.05) is 58.0 Å². The summed E-state index contributed by atoms with van der Waals surface area (Å²) in [6, 6.07) is 7.85. The van der Waals surface area contributed by atoms with Crippen LogP contribution in [0.2, 0.25) is 0 Å². The highest BCUT2D eigenvalue weighted by atomic mass is 16.2. The largest absolute Gasteiger partial charge is 0.344 e. The first kappa shape index (κ1) is 30.7. The molecular weight excluding hydrogens is 544 g/mol. The first-order valence-electron chi connectivity index (χ1n) is 15.5. The predicted octanol–water partition coefficient (Wildman–Crippen LogP) is 3.48. The molecule has 2 fully saturated rings. The van der Waals surface area contributed by atoms with Crippen LogP contribution in [0.4, 0.5) is 0 Å². The van der Waals surface area contributed by atoms with Crippen LogP contribution in [0.25, 0.3) is 17.0 Å². The summed E-state index contributed by atoms with van der Waals surface area (Å²) >= 11 is 0. The van der Waals surface area contributed by atoms with Crippen molar-refractivity contribution in [2.45, 2.75) is 90.9 Å². The highest BCUT2D eigenvalue weighted by Crippen LogP contribution is 2.33. The van der Waals surface area contributed by atoms with Gasteiger partial charge in [-0.05, 0) is 61.6 Å². The molecular formula is C33H44N6O4. The number of aromatic nitrogens is 1. The highest BCUT2D eigenvalue weighted by Gasteiger charge is 2.38. The van der Waals surface area contributed by atoms with E-state index in [-0.39, 0.29) is 36.1 Å². The third-order valence-corrected chi connectivity index (χ3v) is 8.70. The van der Waals surface area contributed by atoms with Crippen molar-refractivity contribution in [1.82, 2.24) is 31.0 Å². The van der Waals surface area contributed by atoms with Gasteiger partial charge >= 0.3 is 0 Å². The van der Waals surface area contributed by atoms with E-state index in [1.807, 2.05) is 69.0 Å². The minimum atomic E-state index is -0.839. The number of amides is 4. The highest BCUT2D eigenvalue weighted by molar-refractivity contribution is 5.92. The SMILES string of the molecule is CC(C)[C@@H]1NC(=O)CC(C)(C)/C=C/c2ccc3ccc(nc3c2)[C@@H]2CCCN2C(=O)[C@@H]2CCCN(N2)C(=O)[C@H](C)NC1=O. The first-order valence-corrected chi connectivity index (χ1v) is 15.5. The molecule has 1 aromatic carbocycles. The number of hydrogen-bond acceptors (Lipinski definition) is 6. The summed E-state index contributed by atoms with van der Waals surface area (Å²) in [5.74, 6) is -1.20. The maximum atomic E-state index is 13.8. The van der Waals surface area contributed by atoms with Crippen molar-refractivity contribution in [1.29, 1.82) is 0 Å². The van der Waals surface area contributed by atoms with E-state index in [4.69, 9.17) is 4.98 Å². The number of allylic oxidation sites excluding steroid dienone is 1. The molecule has 3 aliphatic rings. The number of fused-ring (bicyclic) bond motifs is 6. The lowest BCUT2D eigenvalue weighted by molar-refractivity contribution is -0.146. The number of nitrogens with zero attached hydrogens (tertiary/aromatic N) is 3. The third kappa shape index (κ3) is 6.90. The quantitative estimate of drug-likeness (QED) is 0.469. The molecule has 10 heteroatoms. The summed E-state index contributed by atoms with van der Waals surface area (Å²) in [4.78, 5) is 60.5. The van der Waals surface area contributed by atoms with Crippen molar-refractivity contribution >= 4 is 40.6 Å². The Morgan fingerprint density at radius 3 is 2.47 bits per heavy atom. The molecule has 5 bridgehead atoms. The monoisotopic (exact) mass is 588 g/mol. The van der Waals surface area contributed by atoms with E-state index in [9.17, 15) is 19.2 Å². The molecule has 4 atom stereocenters. The zero-order chi connectivity index (χ0) is 30.9. The van der Waals surface area contributed by atoms with Crippen molar-refractivity contribution in [3.8, 4) is 0 Å². The fourth-order valence-electron chi connectivity index (χ4n) is 6.25. The fourth-order valence-corrected chi connectivity index (χ4v) is 6.25.